The fourth-order valence-corrected chi connectivity index (χ4v) is 2.30. The number of hydrogen-bond acceptors (Lipinski definition) is 5. The Morgan fingerprint density at radius 1 is 1.29 bits per heavy atom. The highest BCUT2D eigenvalue weighted by Gasteiger charge is 2.08. The van der Waals surface area contributed by atoms with Crippen molar-refractivity contribution in [1.29, 1.82) is 0 Å². The average Bonchev–Trinajstić information content (AvgIpc) is 2.47. The highest BCUT2D eigenvalue weighted by Crippen LogP contribution is 2.20. The van der Waals surface area contributed by atoms with Crippen molar-refractivity contribution in [3.8, 4) is 0 Å². The number of carbonyl (C=O) groups excluding carboxylic acids is 1. The molecule has 0 spiro atoms. The van der Waals surface area contributed by atoms with Crippen LogP contribution in [0.25, 0.3) is 0 Å². The van der Waals surface area contributed by atoms with Crippen LogP contribution in [0.4, 0.5) is 5.95 Å². The smallest absolute Gasteiger partial charge is 0.254 e. The van der Waals surface area contributed by atoms with Crippen LogP contribution in [0.2, 0.25) is 10.0 Å². The van der Waals surface area contributed by atoms with E-state index >= 15 is 0 Å². The summed E-state index contributed by atoms with van der Waals surface area (Å²) in [4.78, 5) is 20.0. The third-order valence-electron chi connectivity index (χ3n) is 2.56. The minimum absolute atomic E-state index is 0.267. The van der Waals surface area contributed by atoms with Gasteiger partial charge in [0.25, 0.3) is 5.91 Å². The lowest BCUT2D eigenvalue weighted by Gasteiger charge is -2.07. The summed E-state index contributed by atoms with van der Waals surface area (Å²) in [7, 11) is 0. The first kappa shape index (κ1) is 15.9. The van der Waals surface area contributed by atoms with Gasteiger partial charge in [0.1, 0.15) is 0 Å². The summed E-state index contributed by atoms with van der Waals surface area (Å²) in [5.41, 5.74) is 1.17. The van der Waals surface area contributed by atoms with E-state index in [-0.39, 0.29) is 5.91 Å². The van der Waals surface area contributed by atoms with Gasteiger partial charge in [-0.3, -0.25) is 9.52 Å². The van der Waals surface area contributed by atoms with Crippen LogP contribution < -0.4 is 10.0 Å². The van der Waals surface area contributed by atoms with Gasteiger partial charge in [0.05, 0.1) is 5.56 Å². The number of amides is 1. The predicted molar refractivity (Wildman–Crippen MR) is 86.8 cm³/mol. The Labute approximate surface area is 136 Å². The van der Waals surface area contributed by atoms with Gasteiger partial charge in [-0.1, -0.05) is 41.2 Å². The second-order valence-electron chi connectivity index (χ2n) is 4.02. The Bertz CT molecular complexity index is 637. The highest BCUT2D eigenvalue weighted by atomic mass is 35.5. The average molecular weight is 343 g/mol. The Morgan fingerprint density at radius 2 is 2.00 bits per heavy atom. The molecule has 1 amide bonds. The van der Waals surface area contributed by atoms with Crippen LogP contribution in [0.1, 0.15) is 15.9 Å². The molecular weight excluding hydrogens is 331 g/mol. The van der Waals surface area contributed by atoms with Crippen LogP contribution in [0, 0.1) is 0 Å². The van der Waals surface area contributed by atoms with E-state index < -0.39 is 0 Å². The molecule has 1 heterocycles. The van der Waals surface area contributed by atoms with Gasteiger partial charge in [0.15, 0.2) is 0 Å². The second-order valence-corrected chi connectivity index (χ2v) is 5.48. The van der Waals surface area contributed by atoms with E-state index in [2.05, 4.69) is 20.0 Å². The van der Waals surface area contributed by atoms with Gasteiger partial charge >= 0.3 is 0 Å². The molecule has 0 radical (unpaired) electrons. The van der Waals surface area contributed by atoms with Crippen molar-refractivity contribution < 1.29 is 4.79 Å². The lowest BCUT2D eigenvalue weighted by molar-refractivity contribution is 0.0950. The van der Waals surface area contributed by atoms with Gasteiger partial charge in [0.2, 0.25) is 5.95 Å². The van der Waals surface area contributed by atoms with Crippen molar-refractivity contribution in [1.82, 2.24) is 15.3 Å². The van der Waals surface area contributed by atoms with Crippen molar-refractivity contribution in [2.24, 2.45) is 0 Å². The topological polar surface area (TPSA) is 66.9 Å². The molecule has 2 rings (SSSR count). The van der Waals surface area contributed by atoms with Crippen molar-refractivity contribution in [3.63, 3.8) is 0 Å². The molecule has 0 saturated carbocycles. The minimum Gasteiger partial charge on any atom is -0.348 e. The maximum absolute atomic E-state index is 12.0. The molecule has 0 saturated heterocycles. The lowest BCUT2D eigenvalue weighted by atomic mass is 10.2. The van der Waals surface area contributed by atoms with Gasteiger partial charge < -0.3 is 5.32 Å². The lowest BCUT2D eigenvalue weighted by Crippen LogP contribution is -2.23. The van der Waals surface area contributed by atoms with Crippen LogP contribution >= 0.6 is 35.1 Å². The van der Waals surface area contributed by atoms with Crippen LogP contribution in [0.5, 0.6) is 0 Å². The van der Waals surface area contributed by atoms with Gasteiger partial charge in [0, 0.05) is 35.2 Å². The molecule has 0 bridgehead atoms. The predicted octanol–water partition coefficient (Wildman–Crippen LogP) is 3.40. The number of nitrogens with one attached hydrogen (secondary N) is 2. The van der Waals surface area contributed by atoms with Crippen molar-refractivity contribution in [2.75, 3.05) is 11.0 Å². The zero-order valence-corrected chi connectivity index (χ0v) is 13.4. The largest absolute Gasteiger partial charge is 0.348 e. The van der Waals surface area contributed by atoms with E-state index in [4.69, 9.17) is 23.2 Å². The SMILES string of the molecule is CSNc1ncc(C(=O)NCc2ccc(Cl)cc2Cl)cn1. The zero-order chi connectivity index (χ0) is 15.2. The maximum Gasteiger partial charge on any atom is 0.254 e. The molecule has 0 aliphatic rings. The molecule has 1 aromatic carbocycles. The number of rotatable bonds is 5. The molecule has 21 heavy (non-hydrogen) atoms. The number of anilines is 1. The van der Waals surface area contributed by atoms with Crippen molar-refractivity contribution in [2.45, 2.75) is 6.54 Å². The van der Waals surface area contributed by atoms with Crippen LogP contribution in [0.15, 0.2) is 30.6 Å². The molecule has 2 N–H and O–H groups in total. The minimum atomic E-state index is -0.267. The molecule has 8 heteroatoms. The summed E-state index contributed by atoms with van der Waals surface area (Å²) < 4.78 is 2.88. The summed E-state index contributed by atoms with van der Waals surface area (Å²) in [6.45, 7) is 0.305. The van der Waals surface area contributed by atoms with Gasteiger partial charge in [-0.15, -0.1) is 0 Å². The van der Waals surface area contributed by atoms with Gasteiger partial charge in [-0.2, -0.15) is 0 Å². The standard InChI is InChI=1S/C13H12Cl2N4OS/c1-21-19-13-17-6-9(7-18-13)12(20)16-5-8-2-3-10(14)4-11(8)15/h2-4,6-7H,5H2,1H3,(H,16,20)(H,17,18,19). The monoisotopic (exact) mass is 342 g/mol. The molecule has 0 atom stereocenters. The quantitative estimate of drug-likeness (QED) is 0.815. The van der Waals surface area contributed by atoms with Crippen molar-refractivity contribution >= 4 is 47.0 Å². The van der Waals surface area contributed by atoms with E-state index in [1.165, 1.54) is 24.3 Å². The van der Waals surface area contributed by atoms with E-state index in [9.17, 15) is 4.79 Å². The van der Waals surface area contributed by atoms with Crippen LogP contribution in [-0.4, -0.2) is 22.1 Å². The third kappa shape index (κ3) is 4.49. The first-order valence-corrected chi connectivity index (χ1v) is 7.91. The summed E-state index contributed by atoms with van der Waals surface area (Å²) in [5, 5.41) is 3.82. The summed E-state index contributed by atoms with van der Waals surface area (Å²) in [6.07, 6.45) is 4.79. The van der Waals surface area contributed by atoms with Crippen LogP contribution in [-0.2, 0) is 6.54 Å². The molecule has 1 aromatic heterocycles. The zero-order valence-electron chi connectivity index (χ0n) is 11.1. The molecule has 5 nitrogen and oxygen atoms in total. The Hall–Kier alpha value is -1.50. The molecule has 0 aliphatic heterocycles. The molecular formula is C13H12Cl2N4OS. The van der Waals surface area contributed by atoms with E-state index in [0.717, 1.165) is 5.56 Å². The summed E-state index contributed by atoms with van der Waals surface area (Å²) in [6, 6.07) is 5.13. The number of carbonyl (C=O) groups is 1. The summed E-state index contributed by atoms with van der Waals surface area (Å²) in [5.74, 6) is 0.191. The molecule has 0 fully saturated rings. The van der Waals surface area contributed by atoms with Crippen LogP contribution in [0.3, 0.4) is 0 Å². The maximum atomic E-state index is 12.0. The highest BCUT2D eigenvalue weighted by molar-refractivity contribution is 7.99. The normalized spacial score (nSPS) is 10.2. The first-order valence-electron chi connectivity index (χ1n) is 5.93. The Kier molecular flexibility index (Phi) is 5.67. The number of halogens is 2. The molecule has 0 unspecified atom stereocenters. The number of benzene rings is 1. The van der Waals surface area contributed by atoms with E-state index in [1.54, 1.807) is 18.2 Å². The fourth-order valence-electron chi connectivity index (χ4n) is 1.53. The Balaban J connectivity index is 1.98. The Morgan fingerprint density at radius 3 is 2.62 bits per heavy atom. The van der Waals surface area contributed by atoms with E-state index in [1.807, 2.05) is 6.26 Å². The van der Waals surface area contributed by atoms with Crippen molar-refractivity contribution in [3.05, 3.63) is 51.8 Å². The molecule has 110 valence electrons. The fraction of sp³-hybridized carbons (Fsp3) is 0.154. The molecule has 0 aliphatic carbocycles. The third-order valence-corrected chi connectivity index (χ3v) is 3.54. The van der Waals surface area contributed by atoms with Gasteiger partial charge in [-0.05, 0) is 17.7 Å². The van der Waals surface area contributed by atoms with Gasteiger partial charge in [-0.25, -0.2) is 9.97 Å². The van der Waals surface area contributed by atoms with E-state index in [0.29, 0.717) is 28.1 Å². The molecule has 2 aromatic rings. The number of hydrogen-bond donors (Lipinski definition) is 2. The second kappa shape index (κ2) is 7.49. The number of aromatic nitrogens is 2. The number of nitrogens with zero attached hydrogens (tertiary/aromatic N) is 2. The first-order chi connectivity index (χ1) is 10.1. The summed E-state index contributed by atoms with van der Waals surface area (Å²) >= 11 is 13.2.